The first-order valence-corrected chi connectivity index (χ1v) is 8.37. The summed E-state index contributed by atoms with van der Waals surface area (Å²) in [6, 6.07) is 0.161. The summed E-state index contributed by atoms with van der Waals surface area (Å²) in [4.78, 5) is 20.1. The molecule has 118 valence electrons. The Hall–Kier alpha value is -0.940. The van der Waals surface area contributed by atoms with Crippen LogP contribution in [0.3, 0.4) is 0 Å². The van der Waals surface area contributed by atoms with Gasteiger partial charge in [0.25, 0.3) is 5.91 Å². The molecule has 1 aliphatic rings. The average molecular weight is 309 g/mol. The van der Waals surface area contributed by atoms with Crippen LogP contribution in [0, 0.1) is 12.3 Å². The Kier molecular flexibility index (Phi) is 4.19. The quantitative estimate of drug-likeness (QED) is 0.867. The number of aryl methyl sites for hydroxylation is 1. The third-order valence-electron chi connectivity index (χ3n) is 4.23. The number of piperidine rings is 1. The lowest BCUT2D eigenvalue weighted by molar-refractivity contribution is 0.0536. The SMILES string of the molecule is Cc1nc(C(C)(C)C)sc1C(=O)N1CCC(N)C(C)(C)C1. The number of rotatable bonds is 1. The van der Waals surface area contributed by atoms with E-state index in [0.29, 0.717) is 0 Å². The Balaban J connectivity index is 2.23. The van der Waals surface area contributed by atoms with Crippen LogP contribution in [-0.2, 0) is 5.41 Å². The lowest BCUT2D eigenvalue weighted by Gasteiger charge is -2.42. The smallest absolute Gasteiger partial charge is 0.265 e. The molecule has 0 saturated carbocycles. The predicted molar refractivity (Wildman–Crippen MR) is 87.8 cm³/mol. The topological polar surface area (TPSA) is 59.2 Å². The van der Waals surface area contributed by atoms with Gasteiger partial charge in [-0.2, -0.15) is 0 Å². The summed E-state index contributed by atoms with van der Waals surface area (Å²) in [7, 11) is 0. The molecule has 1 aliphatic heterocycles. The summed E-state index contributed by atoms with van der Waals surface area (Å²) in [5.41, 5.74) is 6.96. The Bertz CT molecular complexity index is 542. The van der Waals surface area contributed by atoms with Crippen molar-refractivity contribution < 1.29 is 4.79 Å². The molecular weight excluding hydrogens is 282 g/mol. The van der Waals surface area contributed by atoms with Crippen LogP contribution in [0.15, 0.2) is 0 Å². The molecule has 1 aromatic rings. The van der Waals surface area contributed by atoms with Crippen molar-refractivity contribution in [3.05, 3.63) is 15.6 Å². The Morgan fingerprint density at radius 2 is 2.05 bits per heavy atom. The monoisotopic (exact) mass is 309 g/mol. The summed E-state index contributed by atoms with van der Waals surface area (Å²) in [5, 5.41) is 1.02. The summed E-state index contributed by atoms with van der Waals surface area (Å²) >= 11 is 1.54. The van der Waals surface area contributed by atoms with Gasteiger partial charge >= 0.3 is 0 Å². The van der Waals surface area contributed by atoms with E-state index in [1.807, 2.05) is 11.8 Å². The van der Waals surface area contributed by atoms with E-state index in [4.69, 9.17) is 5.73 Å². The van der Waals surface area contributed by atoms with Gasteiger partial charge in [-0.25, -0.2) is 4.98 Å². The minimum Gasteiger partial charge on any atom is -0.337 e. The lowest BCUT2D eigenvalue weighted by Crippen LogP contribution is -2.53. The highest BCUT2D eigenvalue weighted by Gasteiger charge is 2.36. The molecule has 0 aliphatic carbocycles. The normalized spacial score (nSPS) is 22.4. The molecule has 4 nitrogen and oxygen atoms in total. The fourth-order valence-electron chi connectivity index (χ4n) is 2.61. The zero-order chi connectivity index (χ0) is 16.0. The van der Waals surface area contributed by atoms with Gasteiger partial charge in [0.05, 0.1) is 10.7 Å². The number of hydrogen-bond acceptors (Lipinski definition) is 4. The Labute approximate surface area is 131 Å². The Morgan fingerprint density at radius 3 is 2.52 bits per heavy atom. The second kappa shape index (κ2) is 5.36. The molecule has 21 heavy (non-hydrogen) atoms. The van der Waals surface area contributed by atoms with Crippen LogP contribution in [0.2, 0.25) is 0 Å². The van der Waals surface area contributed by atoms with E-state index in [9.17, 15) is 4.79 Å². The fourth-order valence-corrected chi connectivity index (χ4v) is 3.70. The van der Waals surface area contributed by atoms with Gasteiger partial charge < -0.3 is 10.6 Å². The van der Waals surface area contributed by atoms with Gasteiger partial charge in [-0.3, -0.25) is 4.79 Å². The molecule has 0 spiro atoms. The summed E-state index contributed by atoms with van der Waals surface area (Å²) < 4.78 is 0. The summed E-state index contributed by atoms with van der Waals surface area (Å²) in [6.45, 7) is 14.0. The molecule has 0 radical (unpaired) electrons. The largest absolute Gasteiger partial charge is 0.337 e. The van der Waals surface area contributed by atoms with E-state index in [-0.39, 0.29) is 22.8 Å². The first kappa shape index (κ1) is 16.4. The van der Waals surface area contributed by atoms with Gasteiger partial charge in [-0.15, -0.1) is 11.3 Å². The van der Waals surface area contributed by atoms with Crippen molar-refractivity contribution in [3.63, 3.8) is 0 Å². The molecule has 0 bridgehead atoms. The third kappa shape index (κ3) is 3.29. The van der Waals surface area contributed by atoms with E-state index < -0.39 is 0 Å². The zero-order valence-corrected chi connectivity index (χ0v) is 14.8. The van der Waals surface area contributed by atoms with E-state index in [1.165, 1.54) is 11.3 Å². The van der Waals surface area contributed by atoms with Crippen molar-refractivity contribution in [3.8, 4) is 0 Å². The van der Waals surface area contributed by atoms with Crippen molar-refractivity contribution in [1.82, 2.24) is 9.88 Å². The fraction of sp³-hybridized carbons (Fsp3) is 0.750. The molecule has 1 fully saturated rings. The van der Waals surface area contributed by atoms with Crippen LogP contribution in [0.4, 0.5) is 0 Å². The van der Waals surface area contributed by atoms with Crippen molar-refractivity contribution in [2.45, 2.75) is 59.4 Å². The average Bonchev–Trinajstić information content (AvgIpc) is 2.74. The number of carbonyl (C=O) groups excluding carboxylic acids is 1. The van der Waals surface area contributed by atoms with Gasteiger partial charge in [-0.05, 0) is 18.8 Å². The molecular formula is C16H27N3OS. The molecule has 1 amide bonds. The maximum atomic E-state index is 12.8. The third-order valence-corrected chi connectivity index (χ3v) is 5.80. The van der Waals surface area contributed by atoms with Crippen LogP contribution in [0.5, 0.6) is 0 Å². The van der Waals surface area contributed by atoms with Gasteiger partial charge in [0.1, 0.15) is 4.88 Å². The second-order valence-electron chi connectivity index (χ2n) is 7.79. The van der Waals surface area contributed by atoms with Crippen molar-refractivity contribution in [2.75, 3.05) is 13.1 Å². The van der Waals surface area contributed by atoms with E-state index >= 15 is 0 Å². The number of aromatic nitrogens is 1. The van der Waals surface area contributed by atoms with Crippen LogP contribution in [0.25, 0.3) is 0 Å². The van der Waals surface area contributed by atoms with Gasteiger partial charge in [0, 0.05) is 24.5 Å². The molecule has 5 heteroatoms. The number of nitrogens with zero attached hydrogens (tertiary/aromatic N) is 2. The molecule has 1 atom stereocenters. The van der Waals surface area contributed by atoms with Gasteiger partial charge in [-0.1, -0.05) is 34.6 Å². The highest BCUT2D eigenvalue weighted by Crippen LogP contribution is 2.32. The molecule has 1 aromatic heterocycles. The van der Waals surface area contributed by atoms with Crippen molar-refractivity contribution >= 4 is 17.2 Å². The van der Waals surface area contributed by atoms with E-state index in [2.05, 4.69) is 39.6 Å². The highest BCUT2D eigenvalue weighted by atomic mass is 32.1. The lowest BCUT2D eigenvalue weighted by atomic mass is 9.79. The number of amides is 1. The second-order valence-corrected chi connectivity index (χ2v) is 8.79. The van der Waals surface area contributed by atoms with Crippen LogP contribution in [0.1, 0.15) is 61.4 Å². The number of likely N-dealkylation sites (tertiary alicyclic amines) is 1. The first-order chi connectivity index (χ1) is 9.52. The van der Waals surface area contributed by atoms with Gasteiger partial charge in [0.2, 0.25) is 0 Å². The first-order valence-electron chi connectivity index (χ1n) is 7.55. The van der Waals surface area contributed by atoms with Gasteiger partial charge in [0.15, 0.2) is 0 Å². The molecule has 2 N–H and O–H groups in total. The van der Waals surface area contributed by atoms with Crippen LogP contribution < -0.4 is 5.73 Å². The molecule has 2 heterocycles. The molecule has 1 unspecified atom stereocenters. The van der Waals surface area contributed by atoms with Crippen molar-refractivity contribution in [1.29, 1.82) is 0 Å². The maximum Gasteiger partial charge on any atom is 0.265 e. The van der Waals surface area contributed by atoms with E-state index in [0.717, 1.165) is 35.1 Å². The maximum absolute atomic E-state index is 12.8. The standard InChI is InChI=1S/C16H27N3OS/c1-10-12(21-14(18-10)15(2,3)4)13(20)19-8-7-11(17)16(5,6)9-19/h11H,7-9,17H2,1-6H3. The number of nitrogens with two attached hydrogens (primary N) is 1. The van der Waals surface area contributed by atoms with Crippen LogP contribution in [-0.4, -0.2) is 34.9 Å². The van der Waals surface area contributed by atoms with E-state index in [1.54, 1.807) is 0 Å². The van der Waals surface area contributed by atoms with Crippen molar-refractivity contribution in [2.24, 2.45) is 11.1 Å². The Morgan fingerprint density at radius 1 is 1.43 bits per heavy atom. The minimum absolute atomic E-state index is 0.0164. The summed E-state index contributed by atoms with van der Waals surface area (Å²) in [5.74, 6) is 0.112. The number of hydrogen-bond donors (Lipinski definition) is 1. The number of carbonyl (C=O) groups is 1. The summed E-state index contributed by atoms with van der Waals surface area (Å²) in [6.07, 6.45) is 0.864. The molecule has 2 rings (SSSR count). The molecule has 1 saturated heterocycles. The number of thiazole rings is 1. The molecule has 0 aromatic carbocycles. The predicted octanol–water partition coefficient (Wildman–Crippen LogP) is 2.95. The highest BCUT2D eigenvalue weighted by molar-refractivity contribution is 7.14. The minimum atomic E-state index is -0.0284. The van der Waals surface area contributed by atoms with Crippen LogP contribution >= 0.6 is 11.3 Å². The zero-order valence-electron chi connectivity index (χ0n) is 14.0.